The highest BCUT2D eigenvalue weighted by Crippen LogP contribution is 2.61. The molecule has 0 bridgehead atoms. The van der Waals surface area contributed by atoms with E-state index in [2.05, 4.69) is 0 Å². The molecular weight excluding hydrogens is 222 g/mol. The van der Waals surface area contributed by atoms with Crippen LogP contribution >= 0.6 is 29.8 Å². The van der Waals surface area contributed by atoms with E-state index >= 15 is 0 Å². The molecule has 12 heavy (non-hydrogen) atoms. The summed E-state index contributed by atoms with van der Waals surface area (Å²) in [5, 5.41) is 0.482. The molecule has 64 valence electrons. The van der Waals surface area contributed by atoms with Crippen molar-refractivity contribution in [3.63, 3.8) is 0 Å². The minimum Gasteiger partial charge on any atom is -0.401 e. The van der Waals surface area contributed by atoms with E-state index in [1.54, 1.807) is 12.1 Å². The zero-order valence-corrected chi connectivity index (χ0v) is 8.07. The van der Waals surface area contributed by atoms with Gasteiger partial charge in [-0.2, -0.15) is 0 Å². The Bertz CT molecular complexity index is 379. The lowest BCUT2D eigenvalue weighted by atomic mass is 10.3. The van der Waals surface area contributed by atoms with E-state index in [9.17, 15) is 4.57 Å². The standard InChI is InChI=1S/C6H3Cl2O3P/c7-4-1-2-5-6(3-4)11-12(8,9)10-5/h1-3H. The molecule has 0 aliphatic carbocycles. The minimum absolute atomic E-state index is 0.320. The lowest BCUT2D eigenvalue weighted by Gasteiger charge is -1.96. The van der Waals surface area contributed by atoms with Crippen LogP contribution in [-0.4, -0.2) is 0 Å². The quantitative estimate of drug-likeness (QED) is 0.634. The average Bonchev–Trinajstić information content (AvgIpc) is 2.21. The van der Waals surface area contributed by atoms with Crippen molar-refractivity contribution < 1.29 is 13.6 Å². The van der Waals surface area contributed by atoms with E-state index < -0.39 is 6.95 Å². The second-order valence-electron chi connectivity index (χ2n) is 2.20. The van der Waals surface area contributed by atoms with Crippen molar-refractivity contribution in [2.24, 2.45) is 0 Å². The molecule has 0 saturated heterocycles. The molecule has 0 amide bonds. The van der Waals surface area contributed by atoms with Gasteiger partial charge in [0.15, 0.2) is 11.5 Å². The first-order valence-electron chi connectivity index (χ1n) is 3.05. The second kappa shape index (κ2) is 2.56. The van der Waals surface area contributed by atoms with Crippen LogP contribution in [0.4, 0.5) is 0 Å². The maximum atomic E-state index is 11.1. The minimum atomic E-state index is -3.43. The fraction of sp³-hybridized carbons (Fsp3) is 0. The topological polar surface area (TPSA) is 35.5 Å². The molecule has 1 aliphatic heterocycles. The molecule has 1 atom stereocenters. The maximum Gasteiger partial charge on any atom is 0.530 e. The Hall–Kier alpha value is -0.370. The van der Waals surface area contributed by atoms with Crippen LogP contribution in [0.15, 0.2) is 18.2 Å². The third kappa shape index (κ3) is 1.40. The molecule has 6 heteroatoms. The molecule has 0 aromatic heterocycles. The third-order valence-corrected chi connectivity index (χ3v) is 2.80. The summed E-state index contributed by atoms with van der Waals surface area (Å²) in [6.45, 7) is -3.43. The summed E-state index contributed by atoms with van der Waals surface area (Å²) < 4.78 is 20.6. The number of halogens is 2. The largest absolute Gasteiger partial charge is 0.530 e. The SMILES string of the molecule is O=P1(Cl)Oc2ccc(Cl)cc2O1. The van der Waals surface area contributed by atoms with Crippen LogP contribution in [0.3, 0.4) is 0 Å². The van der Waals surface area contributed by atoms with Gasteiger partial charge < -0.3 is 9.05 Å². The molecule has 0 saturated carbocycles. The molecule has 1 aliphatic rings. The van der Waals surface area contributed by atoms with Gasteiger partial charge in [-0.15, -0.1) is 0 Å². The van der Waals surface area contributed by atoms with Crippen LogP contribution in [0.5, 0.6) is 11.5 Å². The number of rotatable bonds is 0. The molecular formula is C6H3Cl2O3P. The number of hydrogen-bond donors (Lipinski definition) is 0. The lowest BCUT2D eigenvalue weighted by molar-refractivity contribution is 0.452. The Labute approximate surface area is 78.5 Å². The van der Waals surface area contributed by atoms with Gasteiger partial charge in [-0.25, -0.2) is 4.57 Å². The number of hydrogen-bond acceptors (Lipinski definition) is 3. The predicted octanol–water partition coefficient (Wildman–Crippen LogP) is 3.46. The Morgan fingerprint density at radius 3 is 2.67 bits per heavy atom. The van der Waals surface area contributed by atoms with Gasteiger partial charge >= 0.3 is 6.95 Å². The fourth-order valence-corrected chi connectivity index (χ4v) is 2.29. The van der Waals surface area contributed by atoms with Gasteiger partial charge in [0, 0.05) is 22.3 Å². The lowest BCUT2D eigenvalue weighted by Crippen LogP contribution is -1.80. The molecule has 0 N–H and O–H groups in total. The van der Waals surface area contributed by atoms with Gasteiger partial charge in [-0.3, -0.25) is 0 Å². The van der Waals surface area contributed by atoms with E-state index in [1.807, 2.05) is 0 Å². The molecule has 1 heterocycles. The van der Waals surface area contributed by atoms with Crippen molar-refractivity contribution in [2.75, 3.05) is 0 Å². The highest BCUT2D eigenvalue weighted by Gasteiger charge is 2.34. The summed E-state index contributed by atoms with van der Waals surface area (Å²) >= 11 is 11.0. The molecule has 0 spiro atoms. The third-order valence-electron chi connectivity index (χ3n) is 1.32. The van der Waals surface area contributed by atoms with Gasteiger partial charge in [0.2, 0.25) is 0 Å². The monoisotopic (exact) mass is 224 g/mol. The molecule has 0 fully saturated rings. The first-order chi connectivity index (χ1) is 5.57. The Balaban J connectivity index is 2.49. The summed E-state index contributed by atoms with van der Waals surface area (Å²) in [5.41, 5.74) is 0. The first kappa shape index (κ1) is 8.24. The van der Waals surface area contributed by atoms with Crippen LogP contribution in [0.1, 0.15) is 0 Å². The molecule has 2 rings (SSSR count). The predicted molar refractivity (Wildman–Crippen MR) is 46.2 cm³/mol. The maximum absolute atomic E-state index is 11.1. The van der Waals surface area contributed by atoms with Crippen molar-refractivity contribution >= 4 is 29.8 Å². The summed E-state index contributed by atoms with van der Waals surface area (Å²) in [7, 11) is 0. The average molecular weight is 225 g/mol. The van der Waals surface area contributed by atoms with E-state index in [4.69, 9.17) is 31.9 Å². The molecule has 1 aromatic rings. The zero-order valence-electron chi connectivity index (χ0n) is 5.66. The van der Waals surface area contributed by atoms with Gasteiger partial charge in [0.25, 0.3) is 0 Å². The van der Waals surface area contributed by atoms with Crippen molar-refractivity contribution in [3.8, 4) is 11.5 Å². The van der Waals surface area contributed by atoms with E-state index in [0.717, 1.165) is 0 Å². The van der Waals surface area contributed by atoms with Gasteiger partial charge in [-0.05, 0) is 12.1 Å². The zero-order chi connectivity index (χ0) is 8.77. The van der Waals surface area contributed by atoms with E-state index in [1.165, 1.54) is 6.07 Å². The summed E-state index contributed by atoms with van der Waals surface area (Å²) in [6.07, 6.45) is 0. The Morgan fingerprint density at radius 2 is 1.92 bits per heavy atom. The smallest absolute Gasteiger partial charge is 0.401 e. The van der Waals surface area contributed by atoms with Crippen LogP contribution < -0.4 is 9.05 Å². The Morgan fingerprint density at radius 1 is 1.25 bits per heavy atom. The summed E-state index contributed by atoms with van der Waals surface area (Å²) in [5.74, 6) is 0.679. The normalized spacial score (nSPS) is 25.8. The highest BCUT2D eigenvalue weighted by molar-refractivity contribution is 7.82. The fourth-order valence-electron chi connectivity index (χ4n) is 0.882. The molecule has 1 unspecified atom stereocenters. The van der Waals surface area contributed by atoms with Gasteiger partial charge in [0.05, 0.1) is 0 Å². The number of benzene rings is 1. The second-order valence-corrected chi connectivity index (χ2v) is 5.11. The Kier molecular flexibility index (Phi) is 1.76. The molecule has 0 radical (unpaired) electrons. The van der Waals surface area contributed by atoms with Crippen LogP contribution in [0.2, 0.25) is 5.02 Å². The van der Waals surface area contributed by atoms with Gasteiger partial charge in [0.1, 0.15) is 0 Å². The van der Waals surface area contributed by atoms with Crippen molar-refractivity contribution in [1.82, 2.24) is 0 Å². The summed E-state index contributed by atoms with van der Waals surface area (Å²) in [6, 6.07) is 4.66. The van der Waals surface area contributed by atoms with Gasteiger partial charge in [-0.1, -0.05) is 11.6 Å². The first-order valence-corrected chi connectivity index (χ1v) is 5.88. The van der Waals surface area contributed by atoms with Crippen LogP contribution in [0, 0.1) is 0 Å². The van der Waals surface area contributed by atoms with E-state index in [0.29, 0.717) is 16.5 Å². The molecule has 3 nitrogen and oxygen atoms in total. The van der Waals surface area contributed by atoms with Crippen molar-refractivity contribution in [1.29, 1.82) is 0 Å². The van der Waals surface area contributed by atoms with Crippen molar-refractivity contribution in [2.45, 2.75) is 0 Å². The van der Waals surface area contributed by atoms with Crippen LogP contribution in [-0.2, 0) is 4.57 Å². The van der Waals surface area contributed by atoms with Crippen LogP contribution in [0.25, 0.3) is 0 Å². The highest BCUT2D eigenvalue weighted by atomic mass is 35.7. The summed E-state index contributed by atoms with van der Waals surface area (Å²) in [4.78, 5) is 0. The number of fused-ring (bicyclic) bond motifs is 1. The van der Waals surface area contributed by atoms with E-state index in [-0.39, 0.29) is 0 Å². The molecule has 1 aromatic carbocycles. The van der Waals surface area contributed by atoms with Crippen molar-refractivity contribution in [3.05, 3.63) is 23.2 Å².